The second-order valence-electron chi connectivity index (χ2n) is 5.51. The summed E-state index contributed by atoms with van der Waals surface area (Å²) < 4.78 is 5.78. The first-order valence-corrected chi connectivity index (χ1v) is 6.57. The Morgan fingerprint density at radius 3 is 2.94 bits per heavy atom. The fraction of sp³-hybridized carbons (Fsp3) is 0.643. The van der Waals surface area contributed by atoms with Crippen LogP contribution in [-0.2, 0) is 0 Å². The molecule has 1 aliphatic heterocycles. The van der Waals surface area contributed by atoms with Crippen molar-refractivity contribution >= 4 is 5.82 Å². The van der Waals surface area contributed by atoms with Gasteiger partial charge in [-0.25, -0.2) is 4.98 Å². The SMILES string of the molecule is CC(C)Oc1cccnc1N1CCCC(C)(O)C1. The summed E-state index contributed by atoms with van der Waals surface area (Å²) >= 11 is 0. The van der Waals surface area contributed by atoms with Gasteiger partial charge in [0.15, 0.2) is 11.6 Å². The number of anilines is 1. The van der Waals surface area contributed by atoms with Crippen LogP contribution in [0.25, 0.3) is 0 Å². The molecule has 0 amide bonds. The highest BCUT2D eigenvalue weighted by Crippen LogP contribution is 2.31. The second kappa shape index (κ2) is 5.14. The Morgan fingerprint density at radius 1 is 1.50 bits per heavy atom. The number of nitrogens with zero attached hydrogens (tertiary/aromatic N) is 2. The standard InChI is InChI=1S/C14H22N2O2/c1-11(2)18-12-6-4-8-15-13(12)16-9-5-7-14(3,17)10-16/h4,6,8,11,17H,5,7,9-10H2,1-3H3. The van der Waals surface area contributed by atoms with Gasteiger partial charge in [0.2, 0.25) is 0 Å². The summed E-state index contributed by atoms with van der Waals surface area (Å²) in [5, 5.41) is 10.2. The maximum absolute atomic E-state index is 10.2. The number of ether oxygens (including phenoxy) is 1. The number of hydrogen-bond acceptors (Lipinski definition) is 4. The molecule has 100 valence electrons. The van der Waals surface area contributed by atoms with E-state index in [4.69, 9.17) is 4.74 Å². The lowest BCUT2D eigenvalue weighted by atomic mass is 9.95. The fourth-order valence-electron chi connectivity index (χ4n) is 2.37. The van der Waals surface area contributed by atoms with Crippen molar-refractivity contribution in [3.8, 4) is 5.75 Å². The summed E-state index contributed by atoms with van der Waals surface area (Å²) in [4.78, 5) is 6.52. The van der Waals surface area contributed by atoms with Gasteiger partial charge in [-0.15, -0.1) is 0 Å². The zero-order valence-corrected chi connectivity index (χ0v) is 11.4. The number of hydrogen-bond donors (Lipinski definition) is 1. The van der Waals surface area contributed by atoms with Crippen LogP contribution in [0.4, 0.5) is 5.82 Å². The monoisotopic (exact) mass is 250 g/mol. The molecule has 1 saturated heterocycles. The van der Waals surface area contributed by atoms with Crippen molar-refractivity contribution in [1.82, 2.24) is 4.98 Å². The van der Waals surface area contributed by atoms with Crippen molar-refractivity contribution in [1.29, 1.82) is 0 Å². The molecule has 1 aromatic rings. The highest BCUT2D eigenvalue weighted by atomic mass is 16.5. The zero-order valence-electron chi connectivity index (χ0n) is 11.4. The van der Waals surface area contributed by atoms with Crippen LogP contribution in [0.1, 0.15) is 33.6 Å². The first kappa shape index (κ1) is 13.1. The highest BCUT2D eigenvalue weighted by Gasteiger charge is 2.30. The topological polar surface area (TPSA) is 45.6 Å². The minimum atomic E-state index is -0.634. The molecular formula is C14H22N2O2. The van der Waals surface area contributed by atoms with Gasteiger partial charge >= 0.3 is 0 Å². The molecule has 1 atom stereocenters. The number of piperidine rings is 1. The Kier molecular flexibility index (Phi) is 3.76. The van der Waals surface area contributed by atoms with Crippen molar-refractivity contribution in [2.45, 2.75) is 45.3 Å². The van der Waals surface area contributed by atoms with Gasteiger partial charge in [0.05, 0.1) is 11.7 Å². The van der Waals surface area contributed by atoms with Crippen LogP contribution in [0.15, 0.2) is 18.3 Å². The third-order valence-corrected chi connectivity index (χ3v) is 3.09. The molecule has 18 heavy (non-hydrogen) atoms. The molecule has 0 bridgehead atoms. The van der Waals surface area contributed by atoms with Crippen molar-refractivity contribution < 1.29 is 9.84 Å². The molecule has 0 spiro atoms. The van der Waals surface area contributed by atoms with Gasteiger partial charge < -0.3 is 14.7 Å². The Hall–Kier alpha value is -1.29. The van der Waals surface area contributed by atoms with Crippen LogP contribution in [0.5, 0.6) is 5.75 Å². The van der Waals surface area contributed by atoms with E-state index in [0.29, 0.717) is 6.54 Å². The van der Waals surface area contributed by atoms with E-state index in [1.54, 1.807) is 6.20 Å². The summed E-state index contributed by atoms with van der Waals surface area (Å²) in [6, 6.07) is 3.81. The minimum absolute atomic E-state index is 0.123. The average molecular weight is 250 g/mol. The van der Waals surface area contributed by atoms with Gasteiger partial charge in [0, 0.05) is 19.3 Å². The minimum Gasteiger partial charge on any atom is -0.487 e. The van der Waals surface area contributed by atoms with Crippen molar-refractivity contribution in [2.75, 3.05) is 18.0 Å². The van der Waals surface area contributed by atoms with E-state index in [1.807, 2.05) is 32.9 Å². The van der Waals surface area contributed by atoms with Crippen LogP contribution in [0.2, 0.25) is 0 Å². The molecule has 1 unspecified atom stereocenters. The quantitative estimate of drug-likeness (QED) is 0.893. The highest BCUT2D eigenvalue weighted by molar-refractivity contribution is 5.52. The Balaban J connectivity index is 2.21. The van der Waals surface area contributed by atoms with Gasteiger partial charge in [0.1, 0.15) is 0 Å². The summed E-state index contributed by atoms with van der Waals surface area (Å²) in [5.41, 5.74) is -0.634. The zero-order chi connectivity index (χ0) is 13.2. The van der Waals surface area contributed by atoms with E-state index in [9.17, 15) is 5.11 Å². The number of β-amino-alcohol motifs (C(OH)–C–C–N with tert-alkyl or cyclic N) is 1. The Morgan fingerprint density at radius 2 is 2.28 bits per heavy atom. The molecule has 4 nitrogen and oxygen atoms in total. The van der Waals surface area contributed by atoms with E-state index < -0.39 is 5.60 Å². The largest absolute Gasteiger partial charge is 0.487 e. The third kappa shape index (κ3) is 3.13. The van der Waals surface area contributed by atoms with E-state index in [-0.39, 0.29) is 6.10 Å². The van der Waals surface area contributed by atoms with E-state index in [0.717, 1.165) is 31.0 Å². The molecule has 1 aromatic heterocycles. The smallest absolute Gasteiger partial charge is 0.171 e. The summed E-state index contributed by atoms with van der Waals surface area (Å²) in [6.07, 6.45) is 3.71. The number of pyridine rings is 1. The second-order valence-corrected chi connectivity index (χ2v) is 5.51. The predicted octanol–water partition coefficient (Wildman–Crippen LogP) is 2.22. The van der Waals surface area contributed by atoms with Gasteiger partial charge in [-0.1, -0.05) is 0 Å². The Labute approximate surface area is 109 Å². The van der Waals surface area contributed by atoms with Crippen molar-refractivity contribution in [3.63, 3.8) is 0 Å². The number of rotatable bonds is 3. The number of aliphatic hydroxyl groups is 1. The van der Waals surface area contributed by atoms with Gasteiger partial charge in [-0.05, 0) is 45.7 Å². The molecule has 0 aromatic carbocycles. The summed E-state index contributed by atoms with van der Waals surface area (Å²) in [6.45, 7) is 7.41. The predicted molar refractivity (Wildman–Crippen MR) is 72.1 cm³/mol. The summed E-state index contributed by atoms with van der Waals surface area (Å²) in [7, 11) is 0. The van der Waals surface area contributed by atoms with Crippen LogP contribution in [0.3, 0.4) is 0 Å². The lowest BCUT2D eigenvalue weighted by Gasteiger charge is -2.38. The lowest BCUT2D eigenvalue weighted by molar-refractivity contribution is 0.0445. The maximum atomic E-state index is 10.2. The van der Waals surface area contributed by atoms with Gasteiger partial charge in [-0.2, -0.15) is 0 Å². The molecule has 1 fully saturated rings. The first-order valence-electron chi connectivity index (χ1n) is 6.57. The number of aromatic nitrogens is 1. The molecule has 4 heteroatoms. The van der Waals surface area contributed by atoms with Gasteiger partial charge in [-0.3, -0.25) is 0 Å². The molecule has 0 saturated carbocycles. The molecular weight excluding hydrogens is 228 g/mol. The van der Waals surface area contributed by atoms with E-state index in [2.05, 4.69) is 9.88 Å². The molecule has 0 aliphatic carbocycles. The molecule has 0 radical (unpaired) electrons. The van der Waals surface area contributed by atoms with Crippen LogP contribution in [-0.4, -0.2) is 34.9 Å². The maximum Gasteiger partial charge on any atom is 0.171 e. The molecule has 1 aliphatic rings. The third-order valence-electron chi connectivity index (χ3n) is 3.09. The average Bonchev–Trinajstić information content (AvgIpc) is 2.27. The lowest BCUT2D eigenvalue weighted by Crippen LogP contribution is -2.46. The normalized spacial score (nSPS) is 24.4. The van der Waals surface area contributed by atoms with E-state index in [1.165, 1.54) is 0 Å². The van der Waals surface area contributed by atoms with Crippen molar-refractivity contribution in [3.05, 3.63) is 18.3 Å². The van der Waals surface area contributed by atoms with Crippen LogP contribution < -0.4 is 9.64 Å². The first-order chi connectivity index (χ1) is 8.48. The van der Waals surface area contributed by atoms with Crippen LogP contribution in [0, 0.1) is 0 Å². The Bertz CT molecular complexity index is 405. The van der Waals surface area contributed by atoms with Crippen molar-refractivity contribution in [2.24, 2.45) is 0 Å². The van der Waals surface area contributed by atoms with Gasteiger partial charge in [0.25, 0.3) is 0 Å². The molecule has 1 N–H and O–H groups in total. The van der Waals surface area contributed by atoms with Crippen LogP contribution >= 0.6 is 0 Å². The molecule has 2 heterocycles. The van der Waals surface area contributed by atoms with E-state index >= 15 is 0 Å². The summed E-state index contributed by atoms with van der Waals surface area (Å²) in [5.74, 6) is 1.64. The fourth-order valence-corrected chi connectivity index (χ4v) is 2.37. The molecule has 2 rings (SSSR count).